The highest BCUT2D eigenvalue weighted by Crippen LogP contribution is 2.34. The molecule has 4 rings (SSSR count). The largest absolute Gasteiger partial charge is 0.313 e. The summed E-state index contributed by atoms with van der Waals surface area (Å²) in [5.41, 5.74) is 3.49. The standard InChI is InChI=1S/C21H26N4OS/c1-15-7-6-8-16(13-15)20-22-23-21(24(20)2)27-14-19(26)25(18-11-12-18)17-9-4-3-5-10-17/h6-9,13,18H,3-5,10-12,14H2,1-2H3. The van der Waals surface area contributed by atoms with E-state index in [1.165, 1.54) is 35.9 Å². The number of rotatable bonds is 6. The Kier molecular flexibility index (Phi) is 5.34. The minimum atomic E-state index is 0.204. The van der Waals surface area contributed by atoms with Crippen LogP contribution in [0.5, 0.6) is 0 Å². The summed E-state index contributed by atoms with van der Waals surface area (Å²) in [6.45, 7) is 2.07. The second kappa shape index (κ2) is 7.89. The average Bonchev–Trinajstić information content (AvgIpc) is 3.43. The molecular weight excluding hydrogens is 356 g/mol. The molecule has 2 aromatic rings. The number of carbonyl (C=O) groups is 1. The smallest absolute Gasteiger partial charge is 0.237 e. The zero-order valence-electron chi connectivity index (χ0n) is 16.0. The highest BCUT2D eigenvalue weighted by molar-refractivity contribution is 7.99. The molecule has 1 saturated carbocycles. The molecule has 1 aromatic heterocycles. The van der Waals surface area contributed by atoms with Gasteiger partial charge in [-0.05, 0) is 51.5 Å². The number of amides is 1. The zero-order chi connectivity index (χ0) is 18.8. The van der Waals surface area contributed by atoms with Crippen LogP contribution in [-0.4, -0.2) is 37.4 Å². The third-order valence-corrected chi connectivity index (χ3v) is 6.20. The van der Waals surface area contributed by atoms with Gasteiger partial charge >= 0.3 is 0 Å². The lowest BCUT2D eigenvalue weighted by molar-refractivity contribution is -0.127. The molecule has 2 aliphatic carbocycles. The van der Waals surface area contributed by atoms with Crippen molar-refractivity contribution in [3.63, 3.8) is 0 Å². The quantitative estimate of drug-likeness (QED) is 0.698. The van der Waals surface area contributed by atoms with Gasteiger partial charge in [-0.2, -0.15) is 0 Å². The van der Waals surface area contributed by atoms with Crippen molar-refractivity contribution in [2.45, 2.75) is 56.6 Å². The van der Waals surface area contributed by atoms with Crippen molar-refractivity contribution in [3.8, 4) is 11.4 Å². The van der Waals surface area contributed by atoms with Gasteiger partial charge in [-0.25, -0.2) is 0 Å². The van der Waals surface area contributed by atoms with E-state index in [1.807, 2.05) is 23.7 Å². The molecule has 1 fully saturated rings. The number of benzene rings is 1. The summed E-state index contributed by atoms with van der Waals surface area (Å²) in [5.74, 6) is 1.45. The topological polar surface area (TPSA) is 51.0 Å². The van der Waals surface area contributed by atoms with Crippen LogP contribution in [0.1, 0.15) is 44.1 Å². The predicted octanol–water partition coefficient (Wildman–Crippen LogP) is 4.33. The number of carbonyl (C=O) groups excluding carboxylic acids is 1. The van der Waals surface area contributed by atoms with Gasteiger partial charge in [0.2, 0.25) is 5.91 Å². The van der Waals surface area contributed by atoms with Crippen molar-refractivity contribution in [2.75, 3.05) is 5.75 Å². The number of hydrogen-bond acceptors (Lipinski definition) is 4. The first-order chi connectivity index (χ1) is 13.1. The first-order valence-corrected chi connectivity index (χ1v) is 10.7. The van der Waals surface area contributed by atoms with Crippen molar-refractivity contribution in [2.24, 2.45) is 7.05 Å². The number of aromatic nitrogens is 3. The fourth-order valence-corrected chi connectivity index (χ4v) is 4.41. The van der Waals surface area contributed by atoms with Crippen LogP contribution in [-0.2, 0) is 11.8 Å². The molecule has 1 amide bonds. The summed E-state index contributed by atoms with van der Waals surface area (Å²) in [5, 5.41) is 9.45. The van der Waals surface area contributed by atoms with Crippen molar-refractivity contribution < 1.29 is 4.79 Å². The molecule has 1 heterocycles. The van der Waals surface area contributed by atoms with Crippen molar-refractivity contribution in [1.29, 1.82) is 0 Å². The summed E-state index contributed by atoms with van der Waals surface area (Å²) >= 11 is 1.48. The van der Waals surface area contributed by atoms with Crippen LogP contribution in [0.2, 0.25) is 0 Å². The molecular formula is C21H26N4OS. The van der Waals surface area contributed by atoms with Crippen LogP contribution in [0.3, 0.4) is 0 Å². The Morgan fingerprint density at radius 3 is 2.85 bits per heavy atom. The van der Waals surface area contributed by atoms with Crippen LogP contribution in [0.15, 0.2) is 41.2 Å². The fraction of sp³-hybridized carbons (Fsp3) is 0.476. The molecule has 27 heavy (non-hydrogen) atoms. The van der Waals surface area contributed by atoms with Gasteiger partial charge < -0.3 is 9.47 Å². The molecule has 0 N–H and O–H groups in total. The zero-order valence-corrected chi connectivity index (χ0v) is 16.8. The number of hydrogen-bond donors (Lipinski definition) is 0. The highest BCUT2D eigenvalue weighted by atomic mass is 32.2. The van der Waals surface area contributed by atoms with Gasteiger partial charge in [-0.15, -0.1) is 10.2 Å². The minimum absolute atomic E-state index is 0.204. The highest BCUT2D eigenvalue weighted by Gasteiger charge is 2.35. The maximum Gasteiger partial charge on any atom is 0.237 e. The minimum Gasteiger partial charge on any atom is -0.313 e. The van der Waals surface area contributed by atoms with E-state index in [2.05, 4.69) is 40.2 Å². The molecule has 0 unspecified atom stereocenters. The first-order valence-electron chi connectivity index (χ1n) is 9.74. The lowest BCUT2D eigenvalue weighted by Crippen LogP contribution is -2.34. The lowest BCUT2D eigenvalue weighted by atomic mass is 10.0. The van der Waals surface area contributed by atoms with Gasteiger partial charge in [0.1, 0.15) is 0 Å². The van der Waals surface area contributed by atoms with E-state index >= 15 is 0 Å². The molecule has 2 aliphatic rings. The lowest BCUT2D eigenvalue weighted by Gasteiger charge is -2.27. The molecule has 6 heteroatoms. The number of allylic oxidation sites excluding steroid dienone is 2. The predicted molar refractivity (Wildman–Crippen MR) is 108 cm³/mol. The molecule has 0 bridgehead atoms. The van der Waals surface area contributed by atoms with Gasteiger partial charge in [0.05, 0.1) is 5.75 Å². The first kappa shape index (κ1) is 18.3. The van der Waals surface area contributed by atoms with E-state index in [0.29, 0.717) is 11.8 Å². The van der Waals surface area contributed by atoms with E-state index < -0.39 is 0 Å². The summed E-state index contributed by atoms with van der Waals surface area (Å²) in [4.78, 5) is 15.0. The van der Waals surface area contributed by atoms with Crippen molar-refractivity contribution in [3.05, 3.63) is 41.6 Å². The van der Waals surface area contributed by atoms with E-state index in [9.17, 15) is 4.79 Å². The Balaban J connectivity index is 1.45. The molecule has 0 atom stereocenters. The van der Waals surface area contributed by atoms with Gasteiger partial charge in [0.15, 0.2) is 11.0 Å². The van der Waals surface area contributed by atoms with Crippen LogP contribution >= 0.6 is 11.8 Å². The Morgan fingerprint density at radius 2 is 2.15 bits per heavy atom. The van der Waals surface area contributed by atoms with Crippen LogP contribution in [0.25, 0.3) is 11.4 Å². The summed E-state index contributed by atoms with van der Waals surface area (Å²) in [6, 6.07) is 8.67. The Morgan fingerprint density at radius 1 is 1.30 bits per heavy atom. The monoisotopic (exact) mass is 382 g/mol. The Labute approximate surface area is 164 Å². The van der Waals surface area contributed by atoms with Crippen LogP contribution in [0, 0.1) is 6.92 Å². The number of aryl methyl sites for hydroxylation is 1. The SMILES string of the molecule is Cc1cccc(-c2nnc(SCC(=O)N(C3=CCCCC3)C3CC3)n2C)c1. The van der Waals surface area contributed by atoms with Gasteiger partial charge in [-0.1, -0.05) is 41.6 Å². The third kappa shape index (κ3) is 4.10. The molecule has 142 valence electrons. The number of nitrogens with zero attached hydrogens (tertiary/aromatic N) is 4. The van der Waals surface area contributed by atoms with Crippen LogP contribution in [0.4, 0.5) is 0 Å². The van der Waals surface area contributed by atoms with E-state index in [4.69, 9.17) is 0 Å². The second-order valence-electron chi connectivity index (χ2n) is 7.46. The average molecular weight is 383 g/mol. The molecule has 5 nitrogen and oxygen atoms in total. The molecule has 0 aliphatic heterocycles. The molecule has 1 aromatic carbocycles. The van der Waals surface area contributed by atoms with Gasteiger partial charge in [0.25, 0.3) is 0 Å². The van der Waals surface area contributed by atoms with E-state index in [-0.39, 0.29) is 5.91 Å². The maximum atomic E-state index is 12.9. The summed E-state index contributed by atoms with van der Waals surface area (Å²) < 4.78 is 1.98. The van der Waals surface area contributed by atoms with Crippen molar-refractivity contribution >= 4 is 17.7 Å². The molecule has 0 spiro atoms. The maximum absolute atomic E-state index is 12.9. The van der Waals surface area contributed by atoms with E-state index in [1.54, 1.807) is 0 Å². The van der Waals surface area contributed by atoms with Crippen LogP contribution < -0.4 is 0 Å². The van der Waals surface area contributed by atoms with Gasteiger partial charge in [-0.3, -0.25) is 4.79 Å². The van der Waals surface area contributed by atoms with E-state index in [0.717, 1.165) is 42.2 Å². The van der Waals surface area contributed by atoms with Crippen molar-refractivity contribution in [1.82, 2.24) is 19.7 Å². The molecule has 0 saturated heterocycles. The molecule has 0 radical (unpaired) electrons. The second-order valence-corrected chi connectivity index (χ2v) is 8.40. The third-order valence-electron chi connectivity index (χ3n) is 5.19. The summed E-state index contributed by atoms with van der Waals surface area (Å²) in [6.07, 6.45) is 9.10. The normalized spacial score (nSPS) is 16.9. The summed E-state index contributed by atoms with van der Waals surface area (Å²) in [7, 11) is 1.97. The Hall–Kier alpha value is -2.08. The Bertz CT molecular complexity index is 869. The van der Waals surface area contributed by atoms with Gasteiger partial charge in [0, 0.05) is 24.4 Å². The fourth-order valence-electron chi connectivity index (χ4n) is 3.64. The number of thioether (sulfide) groups is 1.